The van der Waals surface area contributed by atoms with Crippen LogP contribution in [0.5, 0.6) is 0 Å². The van der Waals surface area contributed by atoms with Crippen LogP contribution in [0.3, 0.4) is 0 Å². The van der Waals surface area contributed by atoms with Crippen LogP contribution >= 0.6 is 0 Å². The van der Waals surface area contributed by atoms with Gasteiger partial charge in [0.25, 0.3) is 0 Å². The van der Waals surface area contributed by atoms with Crippen LogP contribution in [0.4, 0.5) is 0 Å². The van der Waals surface area contributed by atoms with Crippen LogP contribution in [0.15, 0.2) is 126 Å². The first-order chi connectivity index (χ1) is 21.9. The molecule has 0 saturated heterocycles. The molecular formula is C39H32IrN4OSi-2. The largest absolute Gasteiger partial charge is 0.501 e. The van der Waals surface area contributed by atoms with E-state index >= 15 is 0 Å². The van der Waals surface area contributed by atoms with Gasteiger partial charge in [0.2, 0.25) is 0 Å². The molecule has 0 atom stereocenters. The van der Waals surface area contributed by atoms with E-state index in [9.17, 15) is 0 Å². The van der Waals surface area contributed by atoms with Gasteiger partial charge in [-0.15, -0.1) is 54.1 Å². The van der Waals surface area contributed by atoms with Crippen LogP contribution in [0.25, 0.3) is 61.3 Å². The van der Waals surface area contributed by atoms with Gasteiger partial charge in [-0.1, -0.05) is 78.2 Å². The van der Waals surface area contributed by atoms with Crippen molar-refractivity contribution in [1.29, 1.82) is 0 Å². The van der Waals surface area contributed by atoms with E-state index in [4.69, 9.17) is 9.40 Å². The van der Waals surface area contributed by atoms with Gasteiger partial charge >= 0.3 is 0 Å². The van der Waals surface area contributed by atoms with E-state index in [1.165, 1.54) is 5.19 Å². The van der Waals surface area contributed by atoms with Gasteiger partial charge in [-0.25, -0.2) is 0 Å². The number of pyridine rings is 2. The molecule has 0 unspecified atom stereocenters. The van der Waals surface area contributed by atoms with Crippen LogP contribution in [-0.2, 0) is 20.1 Å². The number of rotatable bonds is 4. The van der Waals surface area contributed by atoms with Gasteiger partial charge in [-0.05, 0) is 42.9 Å². The molecule has 8 aromatic rings. The second kappa shape index (κ2) is 13.0. The van der Waals surface area contributed by atoms with E-state index in [2.05, 4.69) is 82.7 Å². The van der Waals surface area contributed by atoms with E-state index < -0.39 is 8.07 Å². The van der Waals surface area contributed by atoms with Gasteiger partial charge in [-0.2, -0.15) is 0 Å². The zero-order chi connectivity index (χ0) is 31.0. The molecule has 0 saturated carbocycles. The minimum Gasteiger partial charge on any atom is -0.501 e. The molecule has 0 N–H and O–H groups in total. The van der Waals surface area contributed by atoms with E-state index in [0.717, 1.165) is 67.0 Å². The van der Waals surface area contributed by atoms with Crippen molar-refractivity contribution in [3.05, 3.63) is 139 Å². The molecule has 7 heteroatoms. The first kappa shape index (κ1) is 31.3. The number of hydrogen-bond donors (Lipinski definition) is 0. The average Bonchev–Trinajstić information content (AvgIpc) is 3.65. The molecule has 0 amide bonds. The normalized spacial score (nSPS) is 11.3. The Kier molecular flexibility index (Phi) is 8.83. The summed E-state index contributed by atoms with van der Waals surface area (Å²) in [6.45, 7) is 9.09. The number of aromatic nitrogens is 4. The summed E-state index contributed by atoms with van der Waals surface area (Å²) >= 11 is 0. The molecule has 46 heavy (non-hydrogen) atoms. The third-order valence-electron chi connectivity index (χ3n) is 7.93. The predicted octanol–water partition coefficient (Wildman–Crippen LogP) is 9.19. The summed E-state index contributed by atoms with van der Waals surface area (Å²) in [7, 11) is -1.45. The van der Waals surface area contributed by atoms with Gasteiger partial charge in [-0.3, -0.25) is 9.97 Å². The molecule has 5 nitrogen and oxygen atoms in total. The zero-order valence-corrected chi connectivity index (χ0v) is 29.5. The van der Waals surface area contributed by atoms with Crippen LogP contribution in [0, 0.1) is 19.1 Å². The Morgan fingerprint density at radius 1 is 0.739 bits per heavy atom. The van der Waals surface area contributed by atoms with E-state index in [-0.39, 0.29) is 20.1 Å². The number of nitrogens with zero attached hydrogens (tertiary/aromatic N) is 4. The van der Waals surface area contributed by atoms with Gasteiger partial charge in [0.1, 0.15) is 5.58 Å². The van der Waals surface area contributed by atoms with Gasteiger partial charge in [0.05, 0.1) is 36.2 Å². The molecule has 0 bridgehead atoms. The molecule has 1 radical (unpaired) electrons. The number of benzene rings is 4. The molecule has 0 aliphatic carbocycles. The SMILES string of the molecule is Cc1nccc2nc(-c3[c-]ccc4c3oc3cc([Si](C)(C)C)ccc34)n(-c3ccccc3)c12.[Ir].[c-]1ccccc1-c1ccccn1. The minimum absolute atomic E-state index is 0. The third kappa shape index (κ3) is 5.97. The molecule has 8 rings (SSSR count). The summed E-state index contributed by atoms with van der Waals surface area (Å²) in [4.78, 5) is 13.8. The second-order valence-electron chi connectivity index (χ2n) is 12.0. The summed E-state index contributed by atoms with van der Waals surface area (Å²) in [6, 6.07) is 43.2. The van der Waals surface area contributed by atoms with E-state index in [0.29, 0.717) is 0 Å². The van der Waals surface area contributed by atoms with Crippen LogP contribution in [-0.4, -0.2) is 27.6 Å². The standard InChI is InChI=1S/C28H24N3OSi.C11H8N.Ir/c1-18-26-24(15-16-29-18)30-28(31(26)19-9-6-5-7-10-19)23-12-8-11-22-21-14-13-20(33(2,3)4)17-25(21)32-27(22)23;1-2-6-10(7-3-1)11-8-4-5-9-12-11;/h5-11,13-17H,1-4H3;1-6,8-9H;/q2*-1;. The maximum atomic E-state index is 6.51. The maximum Gasteiger partial charge on any atom is 0.120 e. The van der Waals surface area contributed by atoms with Crippen molar-refractivity contribution < 1.29 is 24.5 Å². The quantitative estimate of drug-likeness (QED) is 0.132. The summed E-state index contributed by atoms with van der Waals surface area (Å²) in [5.41, 5.74) is 8.49. The average molecular weight is 793 g/mol. The maximum absolute atomic E-state index is 6.51. The molecule has 0 aliphatic rings. The Labute approximate surface area is 283 Å². The molecule has 4 aromatic carbocycles. The van der Waals surface area contributed by atoms with Crippen molar-refractivity contribution in [3.63, 3.8) is 0 Å². The topological polar surface area (TPSA) is 56.7 Å². The van der Waals surface area contributed by atoms with Crippen LogP contribution < -0.4 is 5.19 Å². The first-order valence-electron chi connectivity index (χ1n) is 15.0. The minimum atomic E-state index is -1.45. The van der Waals surface area contributed by atoms with Crippen molar-refractivity contribution in [3.8, 4) is 28.3 Å². The smallest absolute Gasteiger partial charge is 0.120 e. The van der Waals surface area contributed by atoms with Crippen molar-refractivity contribution in [1.82, 2.24) is 19.5 Å². The van der Waals surface area contributed by atoms with Crippen molar-refractivity contribution in [2.45, 2.75) is 26.6 Å². The summed E-state index contributed by atoms with van der Waals surface area (Å²) in [5.74, 6) is 0.808. The van der Waals surface area contributed by atoms with Crippen LogP contribution in [0.2, 0.25) is 19.6 Å². The number of fused-ring (bicyclic) bond motifs is 4. The molecular weight excluding hydrogens is 761 g/mol. The van der Waals surface area contributed by atoms with E-state index in [1.807, 2.05) is 85.9 Å². The molecule has 4 heterocycles. The Bertz CT molecular complexity index is 2220. The Morgan fingerprint density at radius 2 is 1.54 bits per heavy atom. The summed E-state index contributed by atoms with van der Waals surface area (Å²) < 4.78 is 8.68. The summed E-state index contributed by atoms with van der Waals surface area (Å²) in [5, 5.41) is 3.60. The second-order valence-corrected chi connectivity index (χ2v) is 17.1. The fraction of sp³-hybridized carbons (Fsp3) is 0.103. The van der Waals surface area contributed by atoms with Crippen molar-refractivity contribution in [2.75, 3.05) is 0 Å². The molecule has 4 aromatic heterocycles. The van der Waals surface area contributed by atoms with Gasteiger partial charge in [0, 0.05) is 43.6 Å². The first-order valence-corrected chi connectivity index (χ1v) is 18.5. The third-order valence-corrected chi connectivity index (χ3v) is 9.98. The van der Waals surface area contributed by atoms with E-state index in [1.54, 1.807) is 6.20 Å². The number of imidazole rings is 1. The molecule has 229 valence electrons. The Morgan fingerprint density at radius 3 is 2.28 bits per heavy atom. The Balaban J connectivity index is 0.000000241. The zero-order valence-electron chi connectivity index (χ0n) is 26.1. The van der Waals surface area contributed by atoms with Gasteiger partial charge in [0.15, 0.2) is 0 Å². The number of para-hydroxylation sites is 1. The number of furan rings is 1. The van der Waals surface area contributed by atoms with Gasteiger partial charge < -0.3 is 14.0 Å². The molecule has 0 spiro atoms. The fourth-order valence-corrected chi connectivity index (χ4v) is 6.77. The predicted molar refractivity (Wildman–Crippen MR) is 187 cm³/mol. The number of aryl methyl sites for hydroxylation is 1. The molecule has 0 aliphatic heterocycles. The van der Waals surface area contributed by atoms with Crippen LogP contribution in [0.1, 0.15) is 5.69 Å². The molecule has 0 fully saturated rings. The summed E-state index contributed by atoms with van der Waals surface area (Å²) in [6.07, 6.45) is 3.60. The van der Waals surface area contributed by atoms with Crippen molar-refractivity contribution in [2.24, 2.45) is 0 Å². The fourth-order valence-electron chi connectivity index (χ4n) is 5.63. The van der Waals surface area contributed by atoms with Crippen molar-refractivity contribution >= 4 is 46.2 Å². The Hall–Kier alpha value is -4.68. The monoisotopic (exact) mass is 793 g/mol. The number of hydrogen-bond acceptors (Lipinski definition) is 4.